The molecule has 0 aliphatic carbocycles. The quantitative estimate of drug-likeness (QED) is 0.275. The molecule has 1 unspecified atom stereocenters. The molecule has 4 aromatic rings. The van der Waals surface area contributed by atoms with Crippen molar-refractivity contribution in [2.24, 2.45) is 5.14 Å². The number of nitrogens with zero attached hydrogens (tertiary/aromatic N) is 1. The van der Waals surface area contributed by atoms with Crippen molar-refractivity contribution in [3.05, 3.63) is 94.5 Å². The van der Waals surface area contributed by atoms with Gasteiger partial charge in [-0.05, 0) is 64.4 Å². The number of hydrogen-bond acceptors (Lipinski definition) is 7. The Bertz CT molecular complexity index is 1930. The molecular formula is C28H24BrN3O7S2. The molecule has 212 valence electrons. The minimum atomic E-state index is -4.05. The SMILES string of the molecule is COC(=O)C(CNS(=O)(=O)c1ccc2cc(Br)ccc2c1)N1Cc2cc(-c3ccccc3S(N)(=O)=O)ccc2C1=O. The number of halogens is 1. The van der Waals surface area contributed by atoms with E-state index in [1.165, 1.54) is 23.1 Å². The lowest BCUT2D eigenvalue weighted by molar-refractivity contribution is -0.145. The molecule has 0 fully saturated rings. The zero-order valence-corrected chi connectivity index (χ0v) is 24.8. The van der Waals surface area contributed by atoms with Gasteiger partial charge in [0.1, 0.15) is 6.04 Å². The molecule has 3 N–H and O–H groups in total. The van der Waals surface area contributed by atoms with Crippen LogP contribution in [0.5, 0.6) is 0 Å². The van der Waals surface area contributed by atoms with Crippen LogP contribution in [0.15, 0.2) is 93.1 Å². The maximum Gasteiger partial charge on any atom is 0.329 e. The van der Waals surface area contributed by atoms with Crippen LogP contribution in [-0.2, 0) is 36.1 Å². The van der Waals surface area contributed by atoms with Crippen molar-refractivity contribution in [1.82, 2.24) is 9.62 Å². The Kier molecular flexibility index (Phi) is 7.74. The number of rotatable bonds is 8. The zero-order chi connectivity index (χ0) is 29.5. The van der Waals surface area contributed by atoms with Gasteiger partial charge < -0.3 is 9.64 Å². The third-order valence-electron chi connectivity index (χ3n) is 6.84. The van der Waals surface area contributed by atoms with Crippen LogP contribution in [0.25, 0.3) is 21.9 Å². The largest absolute Gasteiger partial charge is 0.467 e. The highest BCUT2D eigenvalue weighted by atomic mass is 79.9. The summed E-state index contributed by atoms with van der Waals surface area (Å²) in [5.41, 5.74) is 1.72. The van der Waals surface area contributed by atoms with Crippen LogP contribution >= 0.6 is 15.9 Å². The van der Waals surface area contributed by atoms with E-state index >= 15 is 0 Å². The predicted octanol–water partition coefficient (Wildman–Crippen LogP) is 3.39. The lowest BCUT2D eigenvalue weighted by Crippen LogP contribution is -2.49. The van der Waals surface area contributed by atoms with Crippen molar-refractivity contribution in [3.63, 3.8) is 0 Å². The number of esters is 1. The third-order valence-corrected chi connectivity index (χ3v) is 9.73. The lowest BCUT2D eigenvalue weighted by atomic mass is 10.0. The molecule has 0 bridgehead atoms. The van der Waals surface area contributed by atoms with Crippen LogP contribution in [0.1, 0.15) is 15.9 Å². The van der Waals surface area contributed by atoms with Crippen molar-refractivity contribution in [3.8, 4) is 11.1 Å². The van der Waals surface area contributed by atoms with Gasteiger partial charge in [-0.3, -0.25) is 4.79 Å². The van der Waals surface area contributed by atoms with Crippen LogP contribution in [0, 0.1) is 0 Å². The molecule has 0 saturated heterocycles. The molecule has 1 aliphatic rings. The Hall–Kier alpha value is -3.62. The molecule has 4 aromatic carbocycles. The Morgan fingerprint density at radius 1 is 0.976 bits per heavy atom. The summed E-state index contributed by atoms with van der Waals surface area (Å²) >= 11 is 3.39. The lowest BCUT2D eigenvalue weighted by Gasteiger charge is -2.25. The molecule has 0 spiro atoms. The van der Waals surface area contributed by atoms with Crippen molar-refractivity contribution in [1.29, 1.82) is 0 Å². The molecule has 0 aromatic heterocycles. The Labute approximate surface area is 245 Å². The molecule has 5 rings (SSSR count). The number of nitrogens with one attached hydrogen (secondary N) is 1. The zero-order valence-electron chi connectivity index (χ0n) is 21.6. The van der Waals surface area contributed by atoms with E-state index in [1.807, 2.05) is 6.07 Å². The number of carbonyl (C=O) groups excluding carboxylic acids is 2. The molecule has 13 heteroatoms. The van der Waals surface area contributed by atoms with E-state index < -0.39 is 44.5 Å². The van der Waals surface area contributed by atoms with E-state index in [9.17, 15) is 26.4 Å². The number of fused-ring (bicyclic) bond motifs is 2. The van der Waals surface area contributed by atoms with Gasteiger partial charge >= 0.3 is 5.97 Å². The van der Waals surface area contributed by atoms with Gasteiger partial charge in [0.2, 0.25) is 20.0 Å². The van der Waals surface area contributed by atoms with Gasteiger partial charge in [-0.2, -0.15) is 0 Å². The second kappa shape index (κ2) is 11.0. The highest BCUT2D eigenvalue weighted by molar-refractivity contribution is 9.10. The third kappa shape index (κ3) is 5.76. The van der Waals surface area contributed by atoms with Gasteiger partial charge in [0.25, 0.3) is 5.91 Å². The molecule has 1 atom stereocenters. The van der Waals surface area contributed by atoms with E-state index in [2.05, 4.69) is 20.7 Å². The summed E-state index contributed by atoms with van der Waals surface area (Å²) in [4.78, 5) is 27.3. The number of methoxy groups -OCH3 is 1. The Morgan fingerprint density at radius 2 is 1.68 bits per heavy atom. The summed E-state index contributed by atoms with van der Waals surface area (Å²) in [6.07, 6.45) is 0. The fourth-order valence-corrected chi connectivity index (χ4v) is 7.02. The topological polar surface area (TPSA) is 153 Å². The van der Waals surface area contributed by atoms with Crippen molar-refractivity contribution in [2.75, 3.05) is 13.7 Å². The van der Waals surface area contributed by atoms with E-state index in [4.69, 9.17) is 9.88 Å². The van der Waals surface area contributed by atoms with Gasteiger partial charge in [0.05, 0.1) is 16.9 Å². The summed E-state index contributed by atoms with van der Waals surface area (Å²) in [5, 5.41) is 6.94. The van der Waals surface area contributed by atoms with Crippen LogP contribution in [0.3, 0.4) is 0 Å². The van der Waals surface area contributed by atoms with Crippen molar-refractivity contribution < 1.29 is 31.2 Å². The average Bonchev–Trinajstić information content (AvgIpc) is 3.27. The summed E-state index contributed by atoms with van der Waals surface area (Å²) in [7, 11) is -6.91. The molecule has 1 heterocycles. The van der Waals surface area contributed by atoms with Crippen molar-refractivity contribution in [2.45, 2.75) is 22.4 Å². The minimum Gasteiger partial charge on any atom is -0.467 e. The van der Waals surface area contributed by atoms with E-state index in [1.54, 1.807) is 54.6 Å². The normalized spacial score (nSPS) is 14.2. The second-order valence-electron chi connectivity index (χ2n) is 9.39. The first kappa shape index (κ1) is 28.9. The molecule has 41 heavy (non-hydrogen) atoms. The molecular weight excluding hydrogens is 634 g/mol. The number of benzene rings is 4. The molecule has 0 radical (unpaired) electrons. The first-order valence-corrected chi connectivity index (χ1v) is 16.0. The maximum absolute atomic E-state index is 13.3. The number of carbonyl (C=O) groups is 2. The molecule has 1 aliphatic heterocycles. The van der Waals surface area contributed by atoms with Crippen LogP contribution < -0.4 is 9.86 Å². The number of nitrogens with two attached hydrogens (primary N) is 1. The van der Waals surface area contributed by atoms with E-state index in [0.717, 1.165) is 17.0 Å². The van der Waals surface area contributed by atoms with Gasteiger partial charge in [0.15, 0.2) is 0 Å². The van der Waals surface area contributed by atoms with Gasteiger partial charge in [-0.25, -0.2) is 31.5 Å². The molecule has 10 nitrogen and oxygen atoms in total. The van der Waals surface area contributed by atoms with Gasteiger partial charge in [-0.15, -0.1) is 0 Å². The molecule has 0 saturated carbocycles. The summed E-state index contributed by atoms with van der Waals surface area (Å²) < 4.78 is 58.7. The monoisotopic (exact) mass is 657 g/mol. The van der Waals surface area contributed by atoms with E-state index in [-0.39, 0.29) is 16.3 Å². The predicted molar refractivity (Wildman–Crippen MR) is 156 cm³/mol. The summed E-state index contributed by atoms with van der Waals surface area (Å²) in [5.74, 6) is -1.28. The highest BCUT2D eigenvalue weighted by Crippen LogP contribution is 2.32. The smallest absolute Gasteiger partial charge is 0.329 e. The number of hydrogen-bond donors (Lipinski definition) is 2. The van der Waals surface area contributed by atoms with Crippen LogP contribution in [-0.4, -0.2) is 53.3 Å². The average molecular weight is 659 g/mol. The fourth-order valence-electron chi connectivity index (χ4n) is 4.81. The van der Waals surface area contributed by atoms with Crippen LogP contribution in [0.4, 0.5) is 0 Å². The van der Waals surface area contributed by atoms with Crippen LogP contribution in [0.2, 0.25) is 0 Å². The first-order chi connectivity index (χ1) is 19.4. The highest BCUT2D eigenvalue weighted by Gasteiger charge is 2.38. The summed E-state index contributed by atoms with van der Waals surface area (Å²) in [6, 6.07) is 19.9. The maximum atomic E-state index is 13.3. The van der Waals surface area contributed by atoms with Gasteiger partial charge in [0, 0.05) is 28.7 Å². The fraction of sp³-hybridized carbons (Fsp3) is 0.143. The first-order valence-electron chi connectivity index (χ1n) is 12.2. The second-order valence-corrected chi connectivity index (χ2v) is 13.6. The van der Waals surface area contributed by atoms with Crippen molar-refractivity contribution >= 4 is 58.6 Å². The Balaban J connectivity index is 1.41. The summed E-state index contributed by atoms with van der Waals surface area (Å²) in [6.45, 7) is -0.444. The van der Waals surface area contributed by atoms with Gasteiger partial charge in [-0.1, -0.05) is 52.3 Å². The number of ether oxygens (including phenoxy) is 1. The Morgan fingerprint density at radius 3 is 2.41 bits per heavy atom. The minimum absolute atomic E-state index is 0.00476. The van der Waals surface area contributed by atoms with E-state index in [0.29, 0.717) is 27.6 Å². The molecule has 1 amide bonds. The standard InChI is InChI=1S/C28H24BrN3O7S2/c1-39-28(34)25(15-31-41(37,38)22-10-7-17-13-21(29)9-6-18(17)14-22)32-16-20-12-19(8-11-24(20)27(32)33)23-4-2-3-5-26(23)40(30,35)36/h2-14,25,31H,15-16H2,1H3,(H2,30,35,36). The number of primary sulfonamides is 1. The number of amides is 1. The number of sulfonamides is 2.